The van der Waals surface area contributed by atoms with E-state index in [9.17, 15) is 0 Å². The van der Waals surface area contributed by atoms with E-state index in [1.165, 1.54) is 27.9 Å². The summed E-state index contributed by atoms with van der Waals surface area (Å²) >= 11 is 0. The van der Waals surface area contributed by atoms with Crippen LogP contribution in [0.1, 0.15) is 47.2 Å². The number of benzene rings is 1. The first kappa shape index (κ1) is 17.3. The van der Waals surface area contributed by atoms with E-state index < -0.39 is 0 Å². The fourth-order valence-corrected chi connectivity index (χ4v) is 5.75. The van der Waals surface area contributed by atoms with Gasteiger partial charge in [0.25, 0.3) is 0 Å². The van der Waals surface area contributed by atoms with E-state index in [4.69, 9.17) is 8.83 Å². The van der Waals surface area contributed by atoms with Gasteiger partial charge in [0.2, 0.25) is 0 Å². The van der Waals surface area contributed by atoms with Crippen molar-refractivity contribution in [2.75, 3.05) is 0 Å². The van der Waals surface area contributed by atoms with Crippen LogP contribution in [0.25, 0.3) is 0 Å². The standard InChI is InChI=1S/C24H20NO2.ClH/c1-23-16-24(17-9-12-26-14-17,18-10-13-27-15-18)22(19-6-2-3-7-20(19)23)21-8-4-5-11-25(21)23;/h2-15,22H,16H2,1H3;1H/q+1;/p-1. The van der Waals surface area contributed by atoms with E-state index in [0.29, 0.717) is 0 Å². The number of halogens is 1. The van der Waals surface area contributed by atoms with Crippen molar-refractivity contribution in [3.63, 3.8) is 0 Å². The van der Waals surface area contributed by atoms with Crippen LogP contribution in [0.3, 0.4) is 0 Å². The number of aromatic nitrogens is 1. The fraction of sp³-hybridized carbons (Fsp3) is 0.208. The van der Waals surface area contributed by atoms with Crippen molar-refractivity contribution < 1.29 is 25.8 Å². The maximum Gasteiger partial charge on any atom is 0.192 e. The molecule has 0 saturated carbocycles. The average Bonchev–Trinajstić information content (AvgIpc) is 3.42. The number of furan rings is 2. The third kappa shape index (κ3) is 1.92. The van der Waals surface area contributed by atoms with Crippen molar-refractivity contribution in [3.8, 4) is 0 Å². The van der Waals surface area contributed by atoms with Gasteiger partial charge in [-0.3, -0.25) is 0 Å². The predicted molar refractivity (Wildman–Crippen MR) is 100 cm³/mol. The number of nitrogens with zero attached hydrogens (tertiary/aromatic N) is 1. The molecule has 2 bridgehead atoms. The van der Waals surface area contributed by atoms with E-state index in [-0.39, 0.29) is 29.3 Å². The molecule has 0 amide bonds. The largest absolute Gasteiger partial charge is 1.00 e. The van der Waals surface area contributed by atoms with Gasteiger partial charge in [0, 0.05) is 42.2 Å². The number of rotatable bonds is 2. The Morgan fingerprint density at radius 1 is 0.893 bits per heavy atom. The Morgan fingerprint density at radius 2 is 1.57 bits per heavy atom. The van der Waals surface area contributed by atoms with Gasteiger partial charge in [0.05, 0.1) is 36.4 Å². The molecule has 4 aromatic rings. The van der Waals surface area contributed by atoms with Crippen molar-refractivity contribution in [3.05, 3.63) is 114 Å². The Labute approximate surface area is 170 Å². The van der Waals surface area contributed by atoms with Crippen molar-refractivity contribution in [1.29, 1.82) is 0 Å². The normalized spacial score (nSPS) is 23.5. The number of fused-ring (bicyclic) bond motifs is 1. The van der Waals surface area contributed by atoms with Crippen LogP contribution < -0.4 is 17.0 Å². The second kappa shape index (κ2) is 5.86. The molecule has 2 unspecified atom stereocenters. The highest BCUT2D eigenvalue weighted by molar-refractivity contribution is 5.55. The molecule has 0 spiro atoms. The lowest BCUT2D eigenvalue weighted by Gasteiger charge is -2.52. The van der Waals surface area contributed by atoms with Crippen LogP contribution in [-0.2, 0) is 11.0 Å². The zero-order chi connectivity index (χ0) is 18.1. The molecule has 7 rings (SSSR count). The minimum Gasteiger partial charge on any atom is -1.00 e. The second-order valence-electron chi connectivity index (χ2n) is 7.96. The molecule has 3 nitrogen and oxygen atoms in total. The molecule has 140 valence electrons. The molecule has 0 saturated heterocycles. The quantitative estimate of drug-likeness (QED) is 0.489. The van der Waals surface area contributed by atoms with Crippen molar-refractivity contribution in [2.24, 2.45) is 0 Å². The predicted octanol–water partition coefficient (Wildman–Crippen LogP) is 1.76. The third-order valence-electron chi connectivity index (χ3n) is 6.76. The highest BCUT2D eigenvalue weighted by Gasteiger charge is 2.64. The molecule has 5 heterocycles. The lowest BCUT2D eigenvalue weighted by molar-refractivity contribution is -0.769. The van der Waals surface area contributed by atoms with Gasteiger partial charge in [-0.2, -0.15) is 4.57 Å². The Kier molecular flexibility index (Phi) is 3.62. The molecule has 4 heteroatoms. The summed E-state index contributed by atoms with van der Waals surface area (Å²) in [4.78, 5) is 0. The maximum absolute atomic E-state index is 5.57. The minimum atomic E-state index is -0.218. The first-order valence-electron chi connectivity index (χ1n) is 9.41. The lowest BCUT2D eigenvalue weighted by Crippen LogP contribution is -3.00. The molecular weight excluding hydrogens is 370 g/mol. The van der Waals surface area contributed by atoms with E-state index in [0.717, 1.165) is 6.42 Å². The van der Waals surface area contributed by atoms with Gasteiger partial charge >= 0.3 is 0 Å². The van der Waals surface area contributed by atoms with Crippen LogP contribution in [0.5, 0.6) is 0 Å². The highest BCUT2D eigenvalue weighted by atomic mass is 35.5. The number of hydrogen-bond donors (Lipinski definition) is 0. The van der Waals surface area contributed by atoms with Crippen molar-refractivity contribution >= 4 is 0 Å². The summed E-state index contributed by atoms with van der Waals surface area (Å²) in [5, 5.41) is 0. The second-order valence-corrected chi connectivity index (χ2v) is 7.96. The van der Waals surface area contributed by atoms with Crippen molar-refractivity contribution in [2.45, 2.75) is 30.2 Å². The van der Waals surface area contributed by atoms with Crippen LogP contribution in [0.15, 0.2) is 94.7 Å². The molecule has 2 aliphatic heterocycles. The summed E-state index contributed by atoms with van der Waals surface area (Å²) < 4.78 is 13.6. The minimum absolute atomic E-state index is 0. The smallest absolute Gasteiger partial charge is 0.192 e. The molecule has 0 radical (unpaired) electrons. The number of pyridine rings is 1. The van der Waals surface area contributed by atoms with Gasteiger partial charge in [-0.15, -0.1) is 0 Å². The summed E-state index contributed by atoms with van der Waals surface area (Å²) in [7, 11) is 0. The zero-order valence-corrected chi connectivity index (χ0v) is 16.3. The topological polar surface area (TPSA) is 30.2 Å². The lowest BCUT2D eigenvalue weighted by atomic mass is 9.50. The summed E-state index contributed by atoms with van der Waals surface area (Å²) in [6.07, 6.45) is 10.6. The Hall–Kier alpha value is -2.78. The molecule has 0 fully saturated rings. The Balaban J connectivity index is 0.00000171. The summed E-state index contributed by atoms with van der Waals surface area (Å²) in [6.45, 7) is 2.36. The highest BCUT2D eigenvalue weighted by Crippen LogP contribution is 2.61. The summed E-state index contributed by atoms with van der Waals surface area (Å²) in [5.74, 6) is 0.201. The van der Waals surface area contributed by atoms with Gasteiger partial charge < -0.3 is 21.2 Å². The first-order valence-corrected chi connectivity index (χ1v) is 9.41. The molecule has 1 aromatic carbocycles. The van der Waals surface area contributed by atoms with Crippen LogP contribution in [0.2, 0.25) is 0 Å². The van der Waals surface area contributed by atoms with Gasteiger partial charge in [0.15, 0.2) is 17.4 Å². The Bertz CT molecular complexity index is 1050. The molecule has 28 heavy (non-hydrogen) atoms. The zero-order valence-electron chi connectivity index (χ0n) is 15.5. The van der Waals surface area contributed by atoms with E-state index in [1.54, 1.807) is 12.5 Å². The molecule has 3 aromatic heterocycles. The average molecular weight is 390 g/mol. The summed E-state index contributed by atoms with van der Waals surface area (Å²) in [5.41, 5.74) is 6.23. The van der Waals surface area contributed by atoms with Gasteiger partial charge in [-0.05, 0) is 17.7 Å². The van der Waals surface area contributed by atoms with Gasteiger partial charge in [0.1, 0.15) is 0 Å². The molecule has 1 aliphatic carbocycles. The molecular formula is C24H20ClNO2. The monoisotopic (exact) mass is 389 g/mol. The van der Waals surface area contributed by atoms with Gasteiger partial charge in [-0.1, -0.05) is 30.3 Å². The van der Waals surface area contributed by atoms with E-state index >= 15 is 0 Å². The van der Waals surface area contributed by atoms with Crippen LogP contribution in [-0.4, -0.2) is 0 Å². The van der Waals surface area contributed by atoms with Crippen molar-refractivity contribution in [1.82, 2.24) is 0 Å². The SMILES string of the molecule is CC12CC(c3ccoc3)(c3ccoc3)C(c3ccccc31)c1cccc[n+]12.[Cl-]. The third-order valence-corrected chi connectivity index (χ3v) is 6.76. The fourth-order valence-electron chi connectivity index (χ4n) is 5.75. The van der Waals surface area contributed by atoms with Crippen LogP contribution in [0.4, 0.5) is 0 Å². The van der Waals surface area contributed by atoms with Gasteiger partial charge in [-0.25, -0.2) is 0 Å². The van der Waals surface area contributed by atoms with E-state index in [1.807, 2.05) is 12.5 Å². The Morgan fingerprint density at radius 3 is 2.25 bits per heavy atom. The first-order chi connectivity index (χ1) is 13.2. The van der Waals surface area contributed by atoms with Crippen LogP contribution in [0, 0.1) is 0 Å². The summed E-state index contributed by atoms with van der Waals surface area (Å²) in [6, 6.07) is 19.7. The number of hydrogen-bond acceptors (Lipinski definition) is 2. The van der Waals surface area contributed by atoms with Crippen LogP contribution >= 0.6 is 0 Å². The molecule has 2 atom stereocenters. The molecule has 0 N–H and O–H groups in total. The maximum atomic E-state index is 5.57. The molecule has 3 aliphatic rings. The van der Waals surface area contributed by atoms with E-state index in [2.05, 4.69) is 72.3 Å².